The summed E-state index contributed by atoms with van der Waals surface area (Å²) in [7, 11) is -3.80. The van der Waals surface area contributed by atoms with Gasteiger partial charge in [-0.05, 0) is 19.1 Å². The molecule has 0 atom stereocenters. The van der Waals surface area contributed by atoms with Crippen LogP contribution in [0, 0.1) is 6.92 Å². The van der Waals surface area contributed by atoms with Crippen LogP contribution in [0.25, 0.3) is 0 Å². The van der Waals surface area contributed by atoms with Gasteiger partial charge in [0, 0.05) is 18.1 Å². The maximum Gasteiger partial charge on any atom is 0.325 e. The van der Waals surface area contributed by atoms with E-state index in [4.69, 9.17) is 5.11 Å². The maximum absolute atomic E-state index is 12.1. The predicted molar refractivity (Wildman–Crippen MR) is 69.6 cm³/mol. The number of carboxylic acids is 1. The van der Waals surface area contributed by atoms with Crippen LogP contribution in [0.4, 0.5) is 5.69 Å². The maximum atomic E-state index is 12.1. The van der Waals surface area contributed by atoms with Crippen LogP contribution in [0.3, 0.4) is 0 Å². The van der Waals surface area contributed by atoms with E-state index in [2.05, 4.69) is 14.8 Å². The second-order valence-corrected chi connectivity index (χ2v) is 5.74. The van der Waals surface area contributed by atoms with Gasteiger partial charge in [0.1, 0.15) is 11.4 Å². The molecule has 0 amide bonds. The number of hydrogen-bond donors (Lipinski definition) is 2. The molecule has 0 fully saturated rings. The van der Waals surface area contributed by atoms with E-state index >= 15 is 0 Å². The molecule has 0 aliphatic rings. The van der Waals surface area contributed by atoms with Gasteiger partial charge >= 0.3 is 5.97 Å². The summed E-state index contributed by atoms with van der Waals surface area (Å²) in [6.45, 7) is 1.34. The first-order valence-corrected chi connectivity index (χ1v) is 7.05. The minimum absolute atomic E-state index is 0.104. The number of nitrogens with one attached hydrogen (secondary N) is 1. The van der Waals surface area contributed by atoms with Crippen molar-refractivity contribution < 1.29 is 18.3 Å². The van der Waals surface area contributed by atoms with Gasteiger partial charge in [-0.3, -0.25) is 19.2 Å². The molecule has 8 nitrogen and oxygen atoms in total. The summed E-state index contributed by atoms with van der Waals surface area (Å²) in [5.41, 5.74) is 1.05. The quantitative estimate of drug-likeness (QED) is 0.829. The van der Waals surface area contributed by atoms with Crippen LogP contribution in [0.15, 0.2) is 35.6 Å². The summed E-state index contributed by atoms with van der Waals surface area (Å²) < 4.78 is 27.6. The van der Waals surface area contributed by atoms with E-state index < -0.39 is 22.5 Å². The molecule has 0 spiro atoms. The van der Waals surface area contributed by atoms with E-state index in [-0.39, 0.29) is 4.90 Å². The van der Waals surface area contributed by atoms with Crippen molar-refractivity contribution in [1.82, 2.24) is 14.8 Å². The fraction of sp³-hybridized carbons (Fsp3) is 0.182. The number of pyridine rings is 1. The van der Waals surface area contributed by atoms with Crippen molar-refractivity contribution in [2.24, 2.45) is 0 Å². The molecule has 2 heterocycles. The first-order chi connectivity index (χ1) is 9.37. The Labute approximate surface area is 115 Å². The molecule has 0 saturated heterocycles. The van der Waals surface area contributed by atoms with Crippen molar-refractivity contribution in [2.75, 3.05) is 4.72 Å². The zero-order chi connectivity index (χ0) is 14.8. The molecule has 0 aromatic carbocycles. The second kappa shape index (κ2) is 5.29. The van der Waals surface area contributed by atoms with Gasteiger partial charge in [0.2, 0.25) is 0 Å². The molecule has 0 aliphatic heterocycles. The molecule has 0 saturated carbocycles. The minimum Gasteiger partial charge on any atom is -0.480 e. The zero-order valence-electron chi connectivity index (χ0n) is 10.5. The highest BCUT2D eigenvalue weighted by Crippen LogP contribution is 2.15. The molecule has 9 heteroatoms. The lowest BCUT2D eigenvalue weighted by Gasteiger charge is -2.06. The van der Waals surface area contributed by atoms with Gasteiger partial charge in [-0.25, -0.2) is 8.42 Å². The smallest absolute Gasteiger partial charge is 0.325 e. The van der Waals surface area contributed by atoms with Crippen molar-refractivity contribution >= 4 is 21.7 Å². The molecule has 2 N–H and O–H groups in total. The lowest BCUT2D eigenvalue weighted by atomic mass is 10.3. The molecular formula is C11H12N4O4S. The summed E-state index contributed by atoms with van der Waals surface area (Å²) in [5, 5.41) is 12.3. The number of aromatic nitrogens is 3. The van der Waals surface area contributed by atoms with E-state index in [1.807, 2.05) is 0 Å². The molecule has 0 aliphatic carbocycles. The highest BCUT2D eigenvalue weighted by atomic mass is 32.2. The van der Waals surface area contributed by atoms with Crippen molar-refractivity contribution in [3.63, 3.8) is 0 Å². The third-order valence-electron chi connectivity index (χ3n) is 2.37. The van der Waals surface area contributed by atoms with Crippen LogP contribution in [0.1, 0.15) is 5.69 Å². The number of rotatable bonds is 5. The summed E-state index contributed by atoms with van der Waals surface area (Å²) in [5.74, 6) is -1.10. The second-order valence-electron chi connectivity index (χ2n) is 4.06. The number of anilines is 1. The molecule has 2 aromatic rings. The van der Waals surface area contributed by atoms with Crippen molar-refractivity contribution in [2.45, 2.75) is 18.4 Å². The number of carbonyl (C=O) groups is 1. The van der Waals surface area contributed by atoms with Gasteiger partial charge in [0.25, 0.3) is 10.0 Å². The molecule has 20 heavy (non-hydrogen) atoms. The Hall–Kier alpha value is -2.42. The van der Waals surface area contributed by atoms with Gasteiger partial charge in [-0.15, -0.1) is 0 Å². The van der Waals surface area contributed by atoms with Gasteiger partial charge in [0.15, 0.2) is 0 Å². The molecule has 2 rings (SSSR count). The molecular weight excluding hydrogens is 284 g/mol. The monoisotopic (exact) mass is 296 g/mol. The molecule has 0 unspecified atom stereocenters. The number of aliphatic carboxylic acids is 1. The van der Waals surface area contributed by atoms with Crippen molar-refractivity contribution in [1.29, 1.82) is 0 Å². The lowest BCUT2D eigenvalue weighted by molar-refractivity contribution is -0.137. The Morgan fingerprint density at radius 3 is 2.90 bits per heavy atom. The first-order valence-electron chi connectivity index (χ1n) is 5.56. The van der Waals surface area contributed by atoms with Crippen LogP contribution in [-0.2, 0) is 21.4 Å². The highest BCUT2D eigenvalue weighted by molar-refractivity contribution is 7.92. The molecule has 106 valence electrons. The van der Waals surface area contributed by atoms with E-state index in [0.717, 1.165) is 17.1 Å². The SMILES string of the molecule is Cc1cc(NS(=O)(=O)c2cnn(CC(=O)O)c2)ccn1. The lowest BCUT2D eigenvalue weighted by Crippen LogP contribution is -2.13. The largest absolute Gasteiger partial charge is 0.480 e. The topological polar surface area (TPSA) is 114 Å². The molecule has 0 radical (unpaired) electrons. The van der Waals surface area contributed by atoms with E-state index in [9.17, 15) is 13.2 Å². The molecule has 0 bridgehead atoms. The van der Waals surface area contributed by atoms with Gasteiger partial charge in [-0.1, -0.05) is 0 Å². The third-order valence-corrected chi connectivity index (χ3v) is 3.70. The average molecular weight is 296 g/mol. The van der Waals surface area contributed by atoms with Crippen LogP contribution >= 0.6 is 0 Å². The van der Waals surface area contributed by atoms with E-state index in [0.29, 0.717) is 11.4 Å². The Morgan fingerprint density at radius 1 is 1.50 bits per heavy atom. The number of nitrogens with zero attached hydrogens (tertiary/aromatic N) is 3. The Morgan fingerprint density at radius 2 is 2.25 bits per heavy atom. The van der Waals surface area contributed by atoms with Gasteiger partial charge in [0.05, 0.1) is 11.9 Å². The van der Waals surface area contributed by atoms with Crippen LogP contribution < -0.4 is 4.72 Å². The average Bonchev–Trinajstić information content (AvgIpc) is 2.76. The summed E-state index contributed by atoms with van der Waals surface area (Å²) in [6.07, 6.45) is 3.74. The predicted octanol–water partition coefficient (Wildman–Crippen LogP) is 0.472. The fourth-order valence-electron chi connectivity index (χ4n) is 1.53. The summed E-state index contributed by atoms with van der Waals surface area (Å²) >= 11 is 0. The standard InChI is InChI=1S/C11H12N4O4S/c1-8-4-9(2-3-12-8)14-20(18,19)10-5-13-15(6-10)7-11(16)17/h2-6H,7H2,1H3,(H,12,14)(H,16,17). The van der Waals surface area contributed by atoms with Crippen LogP contribution in [-0.4, -0.2) is 34.3 Å². The van der Waals surface area contributed by atoms with Crippen LogP contribution in [0.5, 0.6) is 0 Å². The van der Waals surface area contributed by atoms with E-state index in [1.165, 1.54) is 12.3 Å². The van der Waals surface area contributed by atoms with Crippen LogP contribution in [0.2, 0.25) is 0 Å². The minimum atomic E-state index is -3.80. The van der Waals surface area contributed by atoms with E-state index in [1.54, 1.807) is 13.0 Å². The highest BCUT2D eigenvalue weighted by Gasteiger charge is 2.17. The van der Waals surface area contributed by atoms with Gasteiger partial charge in [-0.2, -0.15) is 5.10 Å². The normalized spacial score (nSPS) is 11.2. The first kappa shape index (κ1) is 14.0. The third kappa shape index (κ3) is 3.32. The van der Waals surface area contributed by atoms with Gasteiger partial charge < -0.3 is 5.11 Å². The number of hydrogen-bond acceptors (Lipinski definition) is 5. The number of sulfonamides is 1. The van der Waals surface area contributed by atoms with Crippen molar-refractivity contribution in [3.8, 4) is 0 Å². The molecule has 2 aromatic heterocycles. The number of carboxylic acid groups (broad SMARTS) is 1. The fourth-order valence-corrected chi connectivity index (χ4v) is 2.53. The summed E-state index contributed by atoms with van der Waals surface area (Å²) in [6, 6.07) is 3.10. The summed E-state index contributed by atoms with van der Waals surface area (Å²) in [4.78, 5) is 14.4. The van der Waals surface area contributed by atoms with Crippen molar-refractivity contribution in [3.05, 3.63) is 36.4 Å². The number of aryl methyl sites for hydroxylation is 1. The zero-order valence-corrected chi connectivity index (χ0v) is 11.3. The Balaban J connectivity index is 2.22. The Kier molecular flexibility index (Phi) is 3.70. The Bertz CT molecular complexity index is 738.